The molecule has 0 bridgehead atoms. The maximum Gasteiger partial charge on any atom is 0.321 e. The first-order valence-electron chi connectivity index (χ1n) is 8.30. The molecule has 9 heteroatoms. The Balaban J connectivity index is 1.47. The van der Waals surface area contributed by atoms with Gasteiger partial charge in [-0.1, -0.05) is 12.1 Å². The van der Waals surface area contributed by atoms with Gasteiger partial charge in [-0.2, -0.15) is 0 Å². The lowest BCUT2D eigenvalue weighted by Crippen LogP contribution is -2.46. The predicted octanol–water partition coefficient (Wildman–Crippen LogP) is 0.696. The maximum absolute atomic E-state index is 12.0. The number of esters is 1. The number of carbonyl (C=O) groups excluding carboxylic acids is 4. The molecule has 1 saturated carbocycles. The van der Waals surface area contributed by atoms with Crippen molar-refractivity contribution in [3.63, 3.8) is 0 Å². The summed E-state index contributed by atoms with van der Waals surface area (Å²) in [6.45, 7) is 1.34. The molecule has 0 saturated heterocycles. The Labute approximate surface area is 149 Å². The number of nitrogens with one attached hydrogen (secondary N) is 3. The second-order valence-corrected chi connectivity index (χ2v) is 6.17. The molecule has 3 rings (SSSR count). The highest BCUT2D eigenvalue weighted by atomic mass is 16.6. The number of rotatable bonds is 5. The van der Waals surface area contributed by atoms with Gasteiger partial charge < -0.3 is 20.1 Å². The predicted molar refractivity (Wildman–Crippen MR) is 89.4 cm³/mol. The van der Waals surface area contributed by atoms with Gasteiger partial charge in [0.1, 0.15) is 5.75 Å². The molecule has 1 aliphatic heterocycles. The molecule has 0 radical (unpaired) electrons. The Hall–Kier alpha value is -3.10. The lowest BCUT2D eigenvalue weighted by molar-refractivity contribution is -0.157. The van der Waals surface area contributed by atoms with Crippen molar-refractivity contribution in [1.82, 2.24) is 10.6 Å². The number of benzene rings is 1. The van der Waals surface area contributed by atoms with Gasteiger partial charge in [-0.05, 0) is 31.9 Å². The van der Waals surface area contributed by atoms with Crippen LogP contribution >= 0.6 is 0 Å². The number of hydrogen-bond acceptors (Lipinski definition) is 6. The largest absolute Gasteiger partial charge is 0.478 e. The smallest absolute Gasteiger partial charge is 0.321 e. The van der Waals surface area contributed by atoms with Crippen LogP contribution in [0.1, 0.15) is 26.2 Å². The van der Waals surface area contributed by atoms with Gasteiger partial charge in [0.05, 0.1) is 12.1 Å². The van der Waals surface area contributed by atoms with Gasteiger partial charge in [-0.3, -0.25) is 19.7 Å². The minimum atomic E-state index is -1.17. The third kappa shape index (κ3) is 4.50. The fourth-order valence-electron chi connectivity index (χ4n) is 2.34. The average Bonchev–Trinajstić information content (AvgIpc) is 3.39. The Morgan fingerprint density at radius 2 is 2.04 bits per heavy atom. The number of imide groups is 1. The van der Waals surface area contributed by atoms with E-state index < -0.39 is 36.0 Å². The van der Waals surface area contributed by atoms with Crippen molar-refractivity contribution in [2.45, 2.75) is 44.4 Å². The van der Waals surface area contributed by atoms with E-state index in [-0.39, 0.29) is 12.5 Å². The number of para-hydroxylation sites is 2. The second kappa shape index (κ2) is 7.42. The first kappa shape index (κ1) is 17.7. The number of amides is 4. The molecule has 2 atom stereocenters. The van der Waals surface area contributed by atoms with Crippen molar-refractivity contribution in [2.75, 3.05) is 5.32 Å². The van der Waals surface area contributed by atoms with Crippen molar-refractivity contribution in [3.8, 4) is 5.75 Å². The van der Waals surface area contributed by atoms with Crippen molar-refractivity contribution in [3.05, 3.63) is 24.3 Å². The monoisotopic (exact) mass is 361 g/mol. The fraction of sp³-hybridized carbons (Fsp3) is 0.412. The lowest BCUT2D eigenvalue weighted by Gasteiger charge is -2.25. The Morgan fingerprint density at radius 1 is 1.31 bits per heavy atom. The van der Waals surface area contributed by atoms with Crippen LogP contribution in [0, 0.1) is 0 Å². The number of anilines is 1. The molecule has 1 fully saturated rings. The summed E-state index contributed by atoms with van der Waals surface area (Å²) < 4.78 is 10.5. The number of fused-ring (bicyclic) bond motifs is 1. The Kier molecular flexibility index (Phi) is 5.06. The third-order valence-corrected chi connectivity index (χ3v) is 3.89. The quantitative estimate of drug-likeness (QED) is 0.664. The summed E-state index contributed by atoms with van der Waals surface area (Å²) in [6.07, 6.45) is -0.805. The van der Waals surface area contributed by atoms with E-state index in [2.05, 4.69) is 16.0 Å². The molecule has 26 heavy (non-hydrogen) atoms. The molecule has 9 nitrogen and oxygen atoms in total. The lowest BCUT2D eigenvalue weighted by atomic mass is 10.1. The van der Waals surface area contributed by atoms with E-state index >= 15 is 0 Å². The maximum atomic E-state index is 12.0. The van der Waals surface area contributed by atoms with Gasteiger partial charge in [0.25, 0.3) is 11.8 Å². The zero-order valence-electron chi connectivity index (χ0n) is 14.1. The minimum absolute atomic E-state index is 0.102. The number of urea groups is 1. The SMILES string of the molecule is CC(OC(=O)CC1Oc2ccccc2NC1=O)C(=O)NC(=O)NC1CC1. The van der Waals surface area contributed by atoms with Crippen molar-refractivity contribution >= 4 is 29.5 Å². The third-order valence-electron chi connectivity index (χ3n) is 3.89. The zero-order valence-corrected chi connectivity index (χ0v) is 14.1. The second-order valence-electron chi connectivity index (χ2n) is 6.17. The van der Waals surface area contributed by atoms with Gasteiger partial charge in [-0.15, -0.1) is 0 Å². The number of hydrogen-bond donors (Lipinski definition) is 3. The normalized spacial score (nSPS) is 19.3. The van der Waals surface area contributed by atoms with Gasteiger partial charge >= 0.3 is 12.0 Å². The first-order valence-corrected chi connectivity index (χ1v) is 8.30. The number of ether oxygens (including phenoxy) is 2. The minimum Gasteiger partial charge on any atom is -0.478 e. The van der Waals surface area contributed by atoms with Gasteiger partial charge in [0.15, 0.2) is 12.2 Å². The van der Waals surface area contributed by atoms with E-state index in [1.165, 1.54) is 6.92 Å². The summed E-state index contributed by atoms with van der Waals surface area (Å²) in [5, 5.41) is 7.33. The molecule has 4 amide bonds. The van der Waals surface area contributed by atoms with Crippen molar-refractivity contribution in [2.24, 2.45) is 0 Å². The van der Waals surface area contributed by atoms with Gasteiger partial charge in [-0.25, -0.2) is 4.79 Å². The van der Waals surface area contributed by atoms with E-state index in [1.807, 2.05) is 0 Å². The van der Waals surface area contributed by atoms with Crippen LogP contribution in [0.2, 0.25) is 0 Å². The summed E-state index contributed by atoms with van der Waals surface area (Å²) >= 11 is 0. The zero-order chi connectivity index (χ0) is 18.7. The van der Waals surface area contributed by atoms with Gasteiger partial charge in [0.2, 0.25) is 0 Å². The molecule has 1 heterocycles. The molecule has 1 aromatic rings. The summed E-state index contributed by atoms with van der Waals surface area (Å²) in [4.78, 5) is 47.4. The molecular weight excluding hydrogens is 342 g/mol. The van der Waals surface area contributed by atoms with Crippen LogP contribution in [-0.2, 0) is 19.1 Å². The van der Waals surface area contributed by atoms with Crippen molar-refractivity contribution in [1.29, 1.82) is 0 Å². The van der Waals surface area contributed by atoms with Crippen LogP contribution in [0.25, 0.3) is 0 Å². The molecule has 1 aliphatic carbocycles. The fourth-order valence-corrected chi connectivity index (χ4v) is 2.34. The molecule has 0 spiro atoms. The summed E-state index contributed by atoms with van der Waals surface area (Å²) in [5.41, 5.74) is 0.525. The first-order chi connectivity index (χ1) is 12.4. The topological polar surface area (TPSA) is 123 Å². The molecule has 2 unspecified atom stereocenters. The number of carbonyl (C=O) groups is 4. The van der Waals surface area contributed by atoms with E-state index in [0.717, 1.165) is 12.8 Å². The average molecular weight is 361 g/mol. The highest BCUT2D eigenvalue weighted by Gasteiger charge is 2.31. The van der Waals surface area contributed by atoms with Crippen LogP contribution in [0.3, 0.4) is 0 Å². The van der Waals surface area contributed by atoms with Crippen molar-refractivity contribution < 1.29 is 28.7 Å². The molecule has 1 aromatic carbocycles. The van der Waals surface area contributed by atoms with Crippen LogP contribution in [-0.4, -0.2) is 42.1 Å². The summed E-state index contributed by atoms with van der Waals surface area (Å²) in [6, 6.07) is 6.32. The molecular formula is C17H19N3O6. The van der Waals surface area contributed by atoms with E-state index in [4.69, 9.17) is 9.47 Å². The Morgan fingerprint density at radius 3 is 2.77 bits per heavy atom. The molecule has 2 aliphatic rings. The summed E-state index contributed by atoms with van der Waals surface area (Å²) in [5.74, 6) is -1.54. The highest BCUT2D eigenvalue weighted by molar-refractivity contribution is 6.00. The molecule has 138 valence electrons. The standard InChI is InChI=1S/C17H19N3O6/c1-9(15(22)20-17(24)18-10-6-7-10)25-14(21)8-13-16(23)19-11-4-2-3-5-12(11)26-13/h2-5,9-10,13H,6-8H2,1H3,(H,19,23)(H2,18,20,22,24). The van der Waals surface area contributed by atoms with Crippen LogP contribution in [0.5, 0.6) is 5.75 Å². The van der Waals surface area contributed by atoms with E-state index in [1.54, 1.807) is 24.3 Å². The summed E-state index contributed by atoms with van der Waals surface area (Å²) in [7, 11) is 0. The Bertz CT molecular complexity index is 746. The van der Waals surface area contributed by atoms with Crippen LogP contribution < -0.4 is 20.7 Å². The highest BCUT2D eigenvalue weighted by Crippen LogP contribution is 2.29. The van der Waals surface area contributed by atoms with Crippen LogP contribution in [0.4, 0.5) is 10.5 Å². The van der Waals surface area contributed by atoms with Crippen LogP contribution in [0.15, 0.2) is 24.3 Å². The van der Waals surface area contributed by atoms with Gasteiger partial charge in [0, 0.05) is 6.04 Å². The molecule has 3 N–H and O–H groups in total. The molecule has 0 aromatic heterocycles. The van der Waals surface area contributed by atoms with E-state index in [0.29, 0.717) is 11.4 Å². The van der Waals surface area contributed by atoms with E-state index in [9.17, 15) is 19.2 Å².